The molecule has 0 aliphatic carbocycles. The highest BCUT2D eigenvalue weighted by Crippen LogP contribution is 2.45. The van der Waals surface area contributed by atoms with Gasteiger partial charge in [-0.05, 0) is 30.2 Å². The Morgan fingerprint density at radius 1 is 1.03 bits per heavy atom. The van der Waals surface area contributed by atoms with E-state index in [9.17, 15) is 14.7 Å². The second-order valence-electron chi connectivity index (χ2n) is 8.31. The Bertz CT molecular complexity index is 1140. The Morgan fingerprint density at radius 3 is 2.44 bits per heavy atom. The number of thioether (sulfide) groups is 1. The van der Waals surface area contributed by atoms with Crippen molar-refractivity contribution in [3.8, 4) is 0 Å². The molecule has 6 nitrogen and oxygen atoms in total. The van der Waals surface area contributed by atoms with Crippen molar-refractivity contribution < 1.29 is 19.4 Å². The Labute approximate surface area is 204 Å². The molecule has 0 unspecified atom stereocenters. The number of para-hydroxylation sites is 1. The van der Waals surface area contributed by atoms with E-state index in [4.69, 9.17) is 4.74 Å². The van der Waals surface area contributed by atoms with Gasteiger partial charge in [0.1, 0.15) is 12.7 Å². The SMILES string of the molecule is Cc1ccc([C@H]2Sc3ccccc3N(CCN(C)C(=O)OCc3ccccc3)C(=O)[C@H]2O)cc1. The zero-order valence-corrected chi connectivity index (χ0v) is 20.1. The second-order valence-corrected chi connectivity index (χ2v) is 9.50. The normalized spacial score (nSPS) is 17.6. The van der Waals surface area contributed by atoms with Crippen molar-refractivity contribution >= 4 is 29.4 Å². The lowest BCUT2D eigenvalue weighted by Crippen LogP contribution is -2.44. The Balaban J connectivity index is 1.47. The molecular formula is C27H28N2O4S. The first kappa shape index (κ1) is 23.9. The van der Waals surface area contributed by atoms with Crippen LogP contribution in [-0.4, -0.2) is 48.2 Å². The van der Waals surface area contributed by atoms with Gasteiger partial charge >= 0.3 is 6.09 Å². The van der Waals surface area contributed by atoms with Crippen LogP contribution in [0.2, 0.25) is 0 Å². The van der Waals surface area contributed by atoms with Gasteiger partial charge in [-0.3, -0.25) is 4.79 Å². The molecule has 1 heterocycles. The van der Waals surface area contributed by atoms with E-state index in [0.29, 0.717) is 0 Å². The minimum Gasteiger partial charge on any atom is -0.445 e. The molecule has 0 fully saturated rings. The quantitative estimate of drug-likeness (QED) is 0.553. The summed E-state index contributed by atoms with van der Waals surface area (Å²) >= 11 is 1.48. The zero-order valence-electron chi connectivity index (χ0n) is 19.3. The third-order valence-electron chi connectivity index (χ3n) is 5.80. The van der Waals surface area contributed by atoms with Crippen molar-refractivity contribution in [2.45, 2.75) is 29.8 Å². The van der Waals surface area contributed by atoms with Gasteiger partial charge in [0, 0.05) is 25.0 Å². The molecule has 1 N–H and O–H groups in total. The number of hydrogen-bond donors (Lipinski definition) is 1. The number of aliphatic hydroxyl groups excluding tert-OH is 1. The summed E-state index contributed by atoms with van der Waals surface area (Å²) in [4.78, 5) is 29.8. The van der Waals surface area contributed by atoms with Gasteiger partial charge in [0.25, 0.3) is 5.91 Å². The van der Waals surface area contributed by atoms with E-state index in [2.05, 4.69) is 0 Å². The largest absolute Gasteiger partial charge is 0.445 e. The smallest absolute Gasteiger partial charge is 0.409 e. The number of anilines is 1. The fourth-order valence-corrected chi connectivity index (χ4v) is 5.07. The molecule has 3 aromatic carbocycles. The number of fused-ring (bicyclic) bond motifs is 1. The van der Waals surface area contributed by atoms with Crippen LogP contribution in [0.1, 0.15) is 21.9 Å². The molecule has 2 amide bonds. The molecule has 34 heavy (non-hydrogen) atoms. The third-order valence-corrected chi connectivity index (χ3v) is 7.18. The van der Waals surface area contributed by atoms with Crippen molar-refractivity contribution in [1.29, 1.82) is 0 Å². The van der Waals surface area contributed by atoms with Crippen LogP contribution in [0.25, 0.3) is 0 Å². The van der Waals surface area contributed by atoms with Gasteiger partial charge in [0.15, 0.2) is 0 Å². The van der Waals surface area contributed by atoms with E-state index in [-0.39, 0.29) is 25.6 Å². The summed E-state index contributed by atoms with van der Waals surface area (Å²) in [6.45, 7) is 2.69. The van der Waals surface area contributed by atoms with Crippen molar-refractivity contribution in [2.24, 2.45) is 0 Å². The topological polar surface area (TPSA) is 70.1 Å². The lowest BCUT2D eigenvalue weighted by molar-refractivity contribution is -0.126. The van der Waals surface area contributed by atoms with Crippen LogP contribution >= 0.6 is 11.8 Å². The molecule has 0 saturated heterocycles. The van der Waals surface area contributed by atoms with Crippen LogP contribution in [0.4, 0.5) is 10.5 Å². The summed E-state index contributed by atoms with van der Waals surface area (Å²) in [5, 5.41) is 10.6. The average molecular weight is 477 g/mol. The van der Waals surface area contributed by atoms with Gasteiger partial charge in [0.05, 0.1) is 10.9 Å². The maximum Gasteiger partial charge on any atom is 0.409 e. The number of rotatable bonds is 6. The van der Waals surface area contributed by atoms with Crippen molar-refractivity contribution in [3.63, 3.8) is 0 Å². The van der Waals surface area contributed by atoms with Crippen LogP contribution in [0.5, 0.6) is 0 Å². The van der Waals surface area contributed by atoms with Crippen LogP contribution in [0, 0.1) is 6.92 Å². The number of nitrogens with zero attached hydrogens (tertiary/aromatic N) is 2. The van der Waals surface area contributed by atoms with E-state index < -0.39 is 17.4 Å². The molecule has 0 aromatic heterocycles. The van der Waals surface area contributed by atoms with Crippen molar-refractivity contribution in [1.82, 2.24) is 4.90 Å². The predicted molar refractivity (Wildman–Crippen MR) is 134 cm³/mol. The highest BCUT2D eigenvalue weighted by Gasteiger charge is 2.37. The van der Waals surface area contributed by atoms with E-state index in [1.165, 1.54) is 16.7 Å². The van der Waals surface area contributed by atoms with Gasteiger partial charge in [0.2, 0.25) is 0 Å². The summed E-state index contributed by atoms with van der Waals surface area (Å²) in [7, 11) is 1.64. The number of hydrogen-bond acceptors (Lipinski definition) is 5. The Hall–Kier alpha value is -3.29. The molecule has 176 valence electrons. The number of aliphatic hydroxyl groups is 1. The lowest BCUT2D eigenvalue weighted by Gasteiger charge is -2.27. The van der Waals surface area contributed by atoms with Gasteiger partial charge in [-0.1, -0.05) is 72.3 Å². The number of amides is 2. The molecule has 0 saturated carbocycles. The Morgan fingerprint density at radius 2 is 1.71 bits per heavy atom. The van der Waals surface area contributed by atoms with Gasteiger partial charge in [-0.15, -0.1) is 11.8 Å². The van der Waals surface area contributed by atoms with E-state index in [1.54, 1.807) is 11.9 Å². The number of benzene rings is 3. The van der Waals surface area contributed by atoms with Crippen molar-refractivity contribution in [3.05, 3.63) is 95.6 Å². The molecule has 2 atom stereocenters. The van der Waals surface area contributed by atoms with Crippen LogP contribution in [-0.2, 0) is 16.1 Å². The average Bonchev–Trinajstić information content (AvgIpc) is 2.96. The number of ether oxygens (including phenoxy) is 1. The van der Waals surface area contributed by atoms with E-state index >= 15 is 0 Å². The fourth-order valence-electron chi connectivity index (χ4n) is 3.80. The predicted octanol–water partition coefficient (Wildman–Crippen LogP) is 4.80. The fraction of sp³-hybridized carbons (Fsp3) is 0.259. The zero-order chi connectivity index (χ0) is 24.1. The highest BCUT2D eigenvalue weighted by molar-refractivity contribution is 7.99. The van der Waals surface area contributed by atoms with Crippen LogP contribution in [0.15, 0.2) is 83.8 Å². The molecule has 0 bridgehead atoms. The third kappa shape index (κ3) is 5.43. The first-order valence-electron chi connectivity index (χ1n) is 11.2. The molecule has 0 radical (unpaired) electrons. The molecule has 3 aromatic rings. The maximum atomic E-state index is 13.4. The molecule has 1 aliphatic rings. The first-order valence-corrected chi connectivity index (χ1v) is 12.1. The van der Waals surface area contributed by atoms with E-state index in [1.807, 2.05) is 85.8 Å². The minimum atomic E-state index is -1.21. The summed E-state index contributed by atoms with van der Waals surface area (Å²) in [6.07, 6.45) is -1.68. The van der Waals surface area contributed by atoms with Gasteiger partial charge in [-0.25, -0.2) is 4.79 Å². The molecule has 4 rings (SSSR count). The standard InChI is InChI=1S/C27H28N2O4S/c1-19-12-14-21(15-13-19)25-24(30)26(31)29(22-10-6-7-11-23(22)34-25)17-16-28(2)27(32)33-18-20-8-4-3-5-9-20/h3-15,24-25,30H,16-18H2,1-2H3/t24-,25+/m0/s1. The number of likely N-dealkylation sites (N-methyl/N-ethyl adjacent to an activating group) is 1. The minimum absolute atomic E-state index is 0.184. The monoisotopic (exact) mass is 476 g/mol. The van der Waals surface area contributed by atoms with Gasteiger partial charge in [-0.2, -0.15) is 0 Å². The summed E-state index contributed by atoms with van der Waals surface area (Å²) < 4.78 is 5.39. The maximum absolute atomic E-state index is 13.4. The Kier molecular flexibility index (Phi) is 7.55. The number of carbonyl (C=O) groups is 2. The summed E-state index contributed by atoms with van der Waals surface area (Å²) in [5.41, 5.74) is 3.66. The molecule has 1 aliphatic heterocycles. The van der Waals surface area contributed by atoms with Crippen LogP contribution in [0.3, 0.4) is 0 Å². The number of carbonyl (C=O) groups excluding carboxylic acids is 2. The number of aryl methyl sites for hydroxylation is 1. The lowest BCUT2D eigenvalue weighted by atomic mass is 10.0. The van der Waals surface area contributed by atoms with E-state index in [0.717, 1.165) is 27.3 Å². The first-order chi connectivity index (χ1) is 16.4. The summed E-state index contributed by atoms with van der Waals surface area (Å²) in [5.74, 6) is -0.380. The van der Waals surface area contributed by atoms with Gasteiger partial charge < -0.3 is 19.6 Å². The van der Waals surface area contributed by atoms with Crippen LogP contribution < -0.4 is 4.90 Å². The van der Waals surface area contributed by atoms with Crippen molar-refractivity contribution in [2.75, 3.05) is 25.0 Å². The summed E-state index contributed by atoms with van der Waals surface area (Å²) in [6, 6.07) is 25.0. The second kappa shape index (κ2) is 10.8. The highest BCUT2D eigenvalue weighted by atomic mass is 32.2. The molecular weight excluding hydrogens is 448 g/mol. The molecule has 7 heteroatoms. The molecule has 0 spiro atoms.